The van der Waals surface area contributed by atoms with E-state index in [2.05, 4.69) is 6.92 Å². The van der Waals surface area contributed by atoms with Crippen molar-refractivity contribution >= 4 is 23.7 Å². The van der Waals surface area contributed by atoms with Gasteiger partial charge in [-0.15, -0.1) is 0 Å². The first-order valence-electron chi connectivity index (χ1n) is 10.1. The SMILES string of the molecule is CCCCCCCCCCCCSC1CCC2C(=O)OC(=O)C2C1. The average molecular weight is 355 g/mol. The third-order valence-electron chi connectivity index (χ3n) is 5.46. The molecule has 0 spiro atoms. The maximum absolute atomic E-state index is 11.7. The van der Waals surface area contributed by atoms with Gasteiger partial charge in [0.15, 0.2) is 0 Å². The molecule has 2 rings (SSSR count). The zero-order valence-electron chi connectivity index (χ0n) is 15.3. The number of carbonyl (C=O) groups is 2. The van der Waals surface area contributed by atoms with Gasteiger partial charge in [0.05, 0.1) is 11.8 Å². The van der Waals surface area contributed by atoms with E-state index in [1.54, 1.807) is 0 Å². The molecule has 138 valence electrons. The van der Waals surface area contributed by atoms with Gasteiger partial charge >= 0.3 is 11.9 Å². The molecule has 0 N–H and O–H groups in total. The van der Waals surface area contributed by atoms with Gasteiger partial charge in [0.2, 0.25) is 0 Å². The fourth-order valence-corrected chi connectivity index (χ4v) is 5.27. The smallest absolute Gasteiger partial charge is 0.317 e. The van der Waals surface area contributed by atoms with Gasteiger partial charge < -0.3 is 4.74 Å². The Bertz CT molecular complexity index is 396. The minimum absolute atomic E-state index is 0.133. The standard InChI is InChI=1S/C20H34O3S/c1-2-3-4-5-6-7-8-9-10-11-14-24-16-12-13-17-18(15-16)20(22)23-19(17)21/h16-18H,2-15H2,1H3. The summed E-state index contributed by atoms with van der Waals surface area (Å²) in [6.07, 6.45) is 16.5. The number of hydrogen-bond acceptors (Lipinski definition) is 4. The fraction of sp³-hybridized carbons (Fsp3) is 0.900. The summed E-state index contributed by atoms with van der Waals surface area (Å²) in [6.45, 7) is 2.27. The van der Waals surface area contributed by atoms with E-state index < -0.39 is 0 Å². The van der Waals surface area contributed by atoms with Crippen molar-refractivity contribution in [2.24, 2.45) is 11.8 Å². The van der Waals surface area contributed by atoms with Crippen molar-refractivity contribution in [3.63, 3.8) is 0 Å². The van der Waals surface area contributed by atoms with Gasteiger partial charge in [-0.3, -0.25) is 9.59 Å². The summed E-state index contributed by atoms with van der Waals surface area (Å²) in [6, 6.07) is 0. The zero-order chi connectivity index (χ0) is 17.2. The summed E-state index contributed by atoms with van der Waals surface area (Å²) in [5, 5.41) is 0.545. The van der Waals surface area contributed by atoms with Crippen LogP contribution in [-0.2, 0) is 14.3 Å². The maximum Gasteiger partial charge on any atom is 0.317 e. The Morgan fingerprint density at radius 2 is 1.42 bits per heavy atom. The highest BCUT2D eigenvalue weighted by atomic mass is 32.2. The molecular formula is C20H34O3S. The number of esters is 2. The first-order chi connectivity index (χ1) is 11.7. The Labute approximate surface area is 151 Å². The van der Waals surface area contributed by atoms with E-state index in [1.165, 1.54) is 70.0 Å². The highest BCUT2D eigenvalue weighted by Crippen LogP contribution is 2.41. The lowest BCUT2D eigenvalue weighted by molar-refractivity contribution is -0.153. The summed E-state index contributed by atoms with van der Waals surface area (Å²) < 4.78 is 4.78. The molecule has 1 heterocycles. The van der Waals surface area contributed by atoms with Crippen molar-refractivity contribution in [2.75, 3.05) is 5.75 Å². The molecule has 4 heteroatoms. The van der Waals surface area contributed by atoms with Gasteiger partial charge in [-0.2, -0.15) is 11.8 Å². The fourth-order valence-electron chi connectivity index (χ4n) is 3.92. The van der Waals surface area contributed by atoms with Crippen LogP contribution in [0.15, 0.2) is 0 Å². The lowest BCUT2D eigenvalue weighted by Crippen LogP contribution is -2.28. The molecule has 0 amide bonds. The van der Waals surface area contributed by atoms with Crippen LogP contribution >= 0.6 is 11.8 Å². The predicted molar refractivity (Wildman–Crippen MR) is 100 cm³/mol. The first kappa shape index (κ1) is 19.8. The molecule has 0 bridgehead atoms. The Balaban J connectivity index is 1.43. The molecule has 3 unspecified atom stereocenters. The molecular weight excluding hydrogens is 320 g/mol. The summed E-state index contributed by atoms with van der Waals surface area (Å²) in [7, 11) is 0. The van der Waals surface area contributed by atoms with E-state index in [9.17, 15) is 9.59 Å². The van der Waals surface area contributed by atoms with Gasteiger partial charge in [0.1, 0.15) is 0 Å². The third-order valence-corrected chi connectivity index (χ3v) is 6.88. The van der Waals surface area contributed by atoms with Gasteiger partial charge in [-0.25, -0.2) is 0 Å². The van der Waals surface area contributed by atoms with Crippen molar-refractivity contribution in [1.82, 2.24) is 0 Å². The Hall–Kier alpha value is -0.510. The molecule has 0 radical (unpaired) electrons. The number of cyclic esters (lactones) is 2. The second kappa shape index (κ2) is 11.2. The number of carbonyl (C=O) groups excluding carboxylic acids is 2. The van der Waals surface area contributed by atoms with Crippen molar-refractivity contribution in [2.45, 2.75) is 95.6 Å². The van der Waals surface area contributed by atoms with Crippen molar-refractivity contribution in [3.05, 3.63) is 0 Å². The minimum Gasteiger partial charge on any atom is -0.393 e. The molecule has 3 nitrogen and oxygen atoms in total. The minimum atomic E-state index is -0.275. The normalized spacial score (nSPS) is 26.5. The molecule has 0 aromatic carbocycles. The molecule has 1 saturated carbocycles. The largest absolute Gasteiger partial charge is 0.393 e. The topological polar surface area (TPSA) is 43.4 Å². The molecule has 1 aliphatic carbocycles. The summed E-state index contributed by atoms with van der Waals surface area (Å²) in [5.74, 6) is 0.377. The van der Waals surface area contributed by atoms with Crippen LogP contribution in [0, 0.1) is 11.8 Å². The Morgan fingerprint density at radius 1 is 0.833 bits per heavy atom. The summed E-state index contributed by atoms with van der Waals surface area (Å²) in [5.41, 5.74) is 0. The number of thioether (sulfide) groups is 1. The number of rotatable bonds is 12. The van der Waals surface area contributed by atoms with E-state index >= 15 is 0 Å². The lowest BCUT2D eigenvalue weighted by atomic mass is 9.81. The van der Waals surface area contributed by atoms with Crippen molar-refractivity contribution < 1.29 is 14.3 Å². The third kappa shape index (κ3) is 6.42. The Morgan fingerprint density at radius 3 is 2.08 bits per heavy atom. The van der Waals surface area contributed by atoms with Crippen LogP contribution in [0.3, 0.4) is 0 Å². The van der Waals surface area contributed by atoms with E-state index in [0.29, 0.717) is 5.25 Å². The molecule has 0 aromatic heterocycles. The summed E-state index contributed by atoms with van der Waals surface area (Å²) in [4.78, 5) is 23.2. The lowest BCUT2D eigenvalue weighted by Gasteiger charge is -2.27. The first-order valence-corrected chi connectivity index (χ1v) is 11.1. The van der Waals surface area contributed by atoms with Crippen LogP contribution in [0.1, 0.15) is 90.4 Å². The molecule has 3 atom stereocenters. The number of unbranched alkanes of at least 4 members (excludes halogenated alkanes) is 9. The monoisotopic (exact) mass is 354 g/mol. The average Bonchev–Trinajstić information content (AvgIpc) is 2.87. The van der Waals surface area contributed by atoms with E-state index in [-0.39, 0.29) is 23.8 Å². The van der Waals surface area contributed by atoms with Crippen LogP contribution in [0.2, 0.25) is 0 Å². The molecule has 2 fully saturated rings. The predicted octanol–water partition coefficient (Wildman–Crippen LogP) is 5.51. The second-order valence-electron chi connectivity index (χ2n) is 7.44. The van der Waals surface area contributed by atoms with Crippen LogP contribution in [-0.4, -0.2) is 22.9 Å². The number of fused-ring (bicyclic) bond motifs is 1. The zero-order valence-corrected chi connectivity index (χ0v) is 16.1. The van der Waals surface area contributed by atoms with Gasteiger partial charge in [0.25, 0.3) is 0 Å². The number of ether oxygens (including phenoxy) is 1. The molecule has 2 aliphatic rings. The molecule has 1 aliphatic heterocycles. The Kier molecular flexibility index (Phi) is 9.22. The van der Waals surface area contributed by atoms with Crippen molar-refractivity contribution in [1.29, 1.82) is 0 Å². The van der Waals surface area contributed by atoms with Gasteiger partial charge in [-0.05, 0) is 31.4 Å². The van der Waals surface area contributed by atoms with E-state index in [1.807, 2.05) is 11.8 Å². The molecule has 0 aromatic rings. The van der Waals surface area contributed by atoms with E-state index in [0.717, 1.165) is 19.3 Å². The highest BCUT2D eigenvalue weighted by Gasteiger charge is 2.47. The highest BCUT2D eigenvalue weighted by molar-refractivity contribution is 7.99. The van der Waals surface area contributed by atoms with E-state index in [4.69, 9.17) is 4.74 Å². The van der Waals surface area contributed by atoms with Crippen molar-refractivity contribution in [3.8, 4) is 0 Å². The molecule has 1 saturated heterocycles. The van der Waals surface area contributed by atoms with Crippen LogP contribution < -0.4 is 0 Å². The summed E-state index contributed by atoms with van der Waals surface area (Å²) >= 11 is 2.01. The van der Waals surface area contributed by atoms with Crippen LogP contribution in [0.4, 0.5) is 0 Å². The second-order valence-corrected chi connectivity index (χ2v) is 8.85. The quantitative estimate of drug-likeness (QED) is 0.263. The maximum atomic E-state index is 11.7. The molecule has 24 heavy (non-hydrogen) atoms. The number of hydrogen-bond donors (Lipinski definition) is 0. The van der Waals surface area contributed by atoms with Gasteiger partial charge in [0, 0.05) is 5.25 Å². The van der Waals surface area contributed by atoms with Crippen LogP contribution in [0.25, 0.3) is 0 Å². The van der Waals surface area contributed by atoms with Gasteiger partial charge in [-0.1, -0.05) is 64.7 Å². The van der Waals surface area contributed by atoms with Crippen LogP contribution in [0.5, 0.6) is 0 Å².